The molecule has 0 spiro atoms. The molecule has 1 aliphatic heterocycles. The summed E-state index contributed by atoms with van der Waals surface area (Å²) in [7, 11) is 0. The maximum Gasteiger partial charge on any atom is 0.237 e. The van der Waals surface area contributed by atoms with Crippen molar-refractivity contribution in [3.63, 3.8) is 0 Å². The van der Waals surface area contributed by atoms with Crippen LogP contribution in [0.3, 0.4) is 0 Å². The van der Waals surface area contributed by atoms with Crippen LogP contribution >= 0.6 is 0 Å². The van der Waals surface area contributed by atoms with Gasteiger partial charge in [0.1, 0.15) is 6.04 Å². The number of hydrogen-bond donors (Lipinski definition) is 2. The van der Waals surface area contributed by atoms with Gasteiger partial charge in [-0.25, -0.2) is 0 Å². The zero-order valence-corrected chi connectivity index (χ0v) is 19.6. The number of nitrogens with zero attached hydrogens (tertiary/aromatic N) is 2. The highest BCUT2D eigenvalue weighted by Gasteiger charge is 2.37. The monoisotopic (exact) mass is 395 g/mol. The van der Waals surface area contributed by atoms with Crippen LogP contribution in [0.1, 0.15) is 87.5 Å². The lowest BCUT2D eigenvalue weighted by Crippen LogP contribution is -2.43. The fourth-order valence-electron chi connectivity index (χ4n) is 4.09. The second-order valence-electron chi connectivity index (χ2n) is 8.38. The molecule has 164 valence electrons. The van der Waals surface area contributed by atoms with Crippen molar-refractivity contribution in [3.05, 3.63) is 0 Å². The van der Waals surface area contributed by atoms with E-state index >= 15 is 0 Å². The summed E-state index contributed by atoms with van der Waals surface area (Å²) in [6, 6.07) is 2.32. The molecule has 5 heteroatoms. The van der Waals surface area contributed by atoms with Crippen molar-refractivity contribution < 1.29 is 9.90 Å². The maximum absolute atomic E-state index is 12.3. The summed E-state index contributed by atoms with van der Waals surface area (Å²) in [6.07, 6.45) is 4.61. The molecule has 2 N–H and O–H groups in total. The summed E-state index contributed by atoms with van der Waals surface area (Å²) in [5.74, 6) is 1.34. The maximum atomic E-state index is 12.3. The van der Waals surface area contributed by atoms with Gasteiger partial charge in [0.05, 0.1) is 18.2 Å². The standard InChI is InChI=1S/C19H33N3O2.2C2H6/c1-13(2)19(4,24)10-15-9-16(8-14(15)3)21-12-18(23)22-7-5-6-17(22)11-20;2*1-2/h13-17,21,24H,5-10,12H2,1-4H3;2*1-2H3/t14-,15-,16+,17?,19?;;/m1../s1. The summed E-state index contributed by atoms with van der Waals surface area (Å²) in [6.45, 7) is 17.3. The van der Waals surface area contributed by atoms with Crippen LogP contribution in [0.25, 0.3) is 0 Å². The molecule has 1 heterocycles. The first-order valence-electron chi connectivity index (χ1n) is 11.4. The van der Waals surface area contributed by atoms with Crippen LogP contribution in [0.15, 0.2) is 0 Å². The van der Waals surface area contributed by atoms with Gasteiger partial charge in [0.15, 0.2) is 0 Å². The summed E-state index contributed by atoms with van der Waals surface area (Å²) in [4.78, 5) is 14.0. The number of amides is 1. The Morgan fingerprint density at radius 1 is 1.29 bits per heavy atom. The van der Waals surface area contributed by atoms with Gasteiger partial charge < -0.3 is 15.3 Å². The molecule has 0 aromatic carbocycles. The number of carbonyl (C=O) groups is 1. The molecule has 0 aromatic rings. The lowest BCUT2D eigenvalue weighted by molar-refractivity contribution is -0.130. The Morgan fingerprint density at radius 3 is 2.43 bits per heavy atom. The van der Waals surface area contributed by atoms with Crippen molar-refractivity contribution >= 4 is 5.91 Å². The highest BCUT2D eigenvalue weighted by atomic mass is 16.3. The predicted molar refractivity (Wildman–Crippen MR) is 117 cm³/mol. The molecular weight excluding hydrogens is 350 g/mol. The summed E-state index contributed by atoms with van der Waals surface area (Å²) >= 11 is 0. The summed E-state index contributed by atoms with van der Waals surface area (Å²) < 4.78 is 0. The van der Waals surface area contributed by atoms with E-state index in [1.807, 2.05) is 34.6 Å². The number of likely N-dealkylation sites (tertiary alicyclic amines) is 1. The summed E-state index contributed by atoms with van der Waals surface area (Å²) in [5, 5.41) is 23.1. The average molecular weight is 396 g/mol. The van der Waals surface area contributed by atoms with E-state index in [-0.39, 0.29) is 17.9 Å². The third kappa shape index (κ3) is 7.72. The van der Waals surface area contributed by atoms with Gasteiger partial charge in [-0.15, -0.1) is 0 Å². The SMILES string of the molecule is CC.CC.CC(C)C(C)(O)C[C@H]1C[C@@H](NCC(=O)N2CCCC2C#N)C[C@H]1C. The van der Waals surface area contributed by atoms with Gasteiger partial charge in [-0.3, -0.25) is 4.79 Å². The fourth-order valence-corrected chi connectivity index (χ4v) is 4.09. The molecule has 0 aromatic heterocycles. The van der Waals surface area contributed by atoms with Gasteiger partial charge in [-0.2, -0.15) is 5.26 Å². The molecule has 0 bridgehead atoms. The highest BCUT2D eigenvalue weighted by molar-refractivity contribution is 5.79. The van der Waals surface area contributed by atoms with E-state index in [0.717, 1.165) is 32.1 Å². The van der Waals surface area contributed by atoms with E-state index in [9.17, 15) is 9.90 Å². The Balaban J connectivity index is 0.00000171. The number of aliphatic hydroxyl groups is 1. The Hall–Kier alpha value is -1.12. The largest absolute Gasteiger partial charge is 0.390 e. The molecule has 1 aliphatic carbocycles. The zero-order chi connectivity index (χ0) is 21.9. The van der Waals surface area contributed by atoms with Crippen LogP contribution in [0, 0.1) is 29.1 Å². The number of nitrogens with one attached hydrogen (secondary N) is 1. The second-order valence-corrected chi connectivity index (χ2v) is 8.38. The van der Waals surface area contributed by atoms with Crippen LogP contribution in [-0.4, -0.2) is 46.7 Å². The van der Waals surface area contributed by atoms with Crippen LogP contribution < -0.4 is 5.32 Å². The quantitative estimate of drug-likeness (QED) is 0.701. The van der Waals surface area contributed by atoms with E-state index < -0.39 is 5.60 Å². The lowest BCUT2D eigenvalue weighted by Gasteiger charge is -2.32. The molecule has 2 aliphatic rings. The van der Waals surface area contributed by atoms with Crippen molar-refractivity contribution in [1.82, 2.24) is 10.2 Å². The first-order chi connectivity index (χ1) is 13.2. The molecule has 28 heavy (non-hydrogen) atoms. The van der Waals surface area contributed by atoms with Gasteiger partial charge in [0.2, 0.25) is 5.91 Å². The van der Waals surface area contributed by atoms with E-state index in [0.29, 0.717) is 31.0 Å². The first-order valence-corrected chi connectivity index (χ1v) is 11.4. The minimum atomic E-state index is -0.626. The number of rotatable bonds is 6. The van der Waals surface area contributed by atoms with Crippen molar-refractivity contribution in [3.8, 4) is 6.07 Å². The molecule has 1 saturated carbocycles. The average Bonchev–Trinajstić information content (AvgIpc) is 3.29. The van der Waals surface area contributed by atoms with E-state index in [2.05, 4.69) is 32.2 Å². The molecular formula is C23H45N3O2. The first kappa shape index (κ1) is 26.9. The van der Waals surface area contributed by atoms with E-state index in [1.54, 1.807) is 4.90 Å². The van der Waals surface area contributed by atoms with Crippen LogP contribution in [-0.2, 0) is 4.79 Å². The smallest absolute Gasteiger partial charge is 0.237 e. The van der Waals surface area contributed by atoms with Crippen LogP contribution in [0.5, 0.6) is 0 Å². The number of carbonyl (C=O) groups excluding carboxylic acids is 1. The zero-order valence-electron chi connectivity index (χ0n) is 19.6. The molecule has 1 saturated heterocycles. The molecule has 2 rings (SSSR count). The third-order valence-corrected chi connectivity index (χ3v) is 6.23. The Kier molecular flexibility index (Phi) is 12.6. The second kappa shape index (κ2) is 13.2. The van der Waals surface area contributed by atoms with E-state index in [1.165, 1.54) is 0 Å². The third-order valence-electron chi connectivity index (χ3n) is 6.23. The Labute approximate surface area is 173 Å². The Morgan fingerprint density at radius 2 is 1.89 bits per heavy atom. The van der Waals surface area contributed by atoms with Gasteiger partial charge in [0.25, 0.3) is 0 Å². The molecule has 2 fully saturated rings. The summed E-state index contributed by atoms with van der Waals surface area (Å²) in [5.41, 5.74) is -0.626. The van der Waals surface area contributed by atoms with Crippen molar-refractivity contribution in [2.75, 3.05) is 13.1 Å². The topological polar surface area (TPSA) is 76.4 Å². The number of nitriles is 1. The molecule has 2 unspecified atom stereocenters. The minimum absolute atomic E-state index is 0.0457. The highest BCUT2D eigenvalue weighted by Crippen LogP contribution is 2.39. The molecule has 5 atom stereocenters. The van der Waals surface area contributed by atoms with Crippen LogP contribution in [0.4, 0.5) is 0 Å². The van der Waals surface area contributed by atoms with Crippen LogP contribution in [0.2, 0.25) is 0 Å². The van der Waals surface area contributed by atoms with Crippen molar-refractivity contribution in [1.29, 1.82) is 5.26 Å². The number of hydrogen-bond acceptors (Lipinski definition) is 4. The molecule has 5 nitrogen and oxygen atoms in total. The Bertz CT molecular complexity index is 485. The normalized spacial score (nSPS) is 28.5. The molecule has 1 amide bonds. The van der Waals surface area contributed by atoms with Crippen molar-refractivity contribution in [2.24, 2.45) is 17.8 Å². The minimum Gasteiger partial charge on any atom is -0.390 e. The van der Waals surface area contributed by atoms with Gasteiger partial charge in [0, 0.05) is 12.6 Å². The van der Waals surface area contributed by atoms with E-state index in [4.69, 9.17) is 5.26 Å². The fraction of sp³-hybridized carbons (Fsp3) is 0.913. The van der Waals surface area contributed by atoms with Gasteiger partial charge in [-0.05, 0) is 56.8 Å². The lowest BCUT2D eigenvalue weighted by atomic mass is 9.80. The predicted octanol–water partition coefficient (Wildman–Crippen LogP) is 4.35. The van der Waals surface area contributed by atoms with Crippen molar-refractivity contribution in [2.45, 2.75) is 105 Å². The van der Waals surface area contributed by atoms with Gasteiger partial charge in [-0.1, -0.05) is 48.5 Å². The van der Waals surface area contributed by atoms with Gasteiger partial charge >= 0.3 is 0 Å². The molecule has 0 radical (unpaired) electrons.